The Bertz CT molecular complexity index is 856. The summed E-state index contributed by atoms with van der Waals surface area (Å²) in [5, 5.41) is 2.61. The van der Waals surface area contributed by atoms with Gasteiger partial charge in [-0.1, -0.05) is 6.42 Å². The Morgan fingerprint density at radius 1 is 1.18 bits per heavy atom. The van der Waals surface area contributed by atoms with Crippen molar-refractivity contribution in [2.75, 3.05) is 30.4 Å². The van der Waals surface area contributed by atoms with Gasteiger partial charge in [0.2, 0.25) is 0 Å². The number of ether oxygens (including phenoxy) is 1. The van der Waals surface area contributed by atoms with E-state index in [-0.39, 0.29) is 10.9 Å². The van der Waals surface area contributed by atoms with Crippen molar-refractivity contribution < 1.29 is 22.7 Å². The molecule has 1 N–H and O–H groups in total. The summed E-state index contributed by atoms with van der Waals surface area (Å²) >= 11 is 4.60. The maximum atomic E-state index is 13.4. The highest BCUT2D eigenvalue weighted by Gasteiger charge is 2.21. The third-order valence-electron chi connectivity index (χ3n) is 4.67. The zero-order valence-corrected chi connectivity index (χ0v) is 16.2. The maximum absolute atomic E-state index is 13.4. The summed E-state index contributed by atoms with van der Waals surface area (Å²) < 4.78 is 45.3. The number of thiol groups is 1. The number of hydrogen-bond donors (Lipinski definition) is 2. The van der Waals surface area contributed by atoms with E-state index >= 15 is 0 Å². The van der Waals surface area contributed by atoms with Crippen LogP contribution in [0.3, 0.4) is 0 Å². The zero-order chi connectivity index (χ0) is 20.3. The molecule has 0 aliphatic carbocycles. The van der Waals surface area contributed by atoms with Gasteiger partial charge in [-0.05, 0) is 31.0 Å². The predicted molar refractivity (Wildman–Crippen MR) is 106 cm³/mol. The van der Waals surface area contributed by atoms with Crippen LogP contribution < -0.4 is 15.0 Å². The van der Waals surface area contributed by atoms with Gasteiger partial charge in [0.05, 0.1) is 12.8 Å². The van der Waals surface area contributed by atoms with Crippen LogP contribution in [0.2, 0.25) is 0 Å². The van der Waals surface area contributed by atoms with Gasteiger partial charge in [-0.15, -0.1) is 0 Å². The molecule has 1 saturated heterocycles. The van der Waals surface area contributed by atoms with Crippen LogP contribution >= 0.6 is 12.6 Å². The second-order valence-corrected chi connectivity index (χ2v) is 7.42. The molecule has 1 heterocycles. The molecule has 2 aromatic carbocycles. The van der Waals surface area contributed by atoms with Gasteiger partial charge in [-0.3, -0.25) is 4.79 Å². The van der Waals surface area contributed by atoms with Crippen LogP contribution in [-0.2, 0) is 0 Å². The van der Waals surface area contributed by atoms with Crippen LogP contribution in [0.15, 0.2) is 30.3 Å². The average Bonchev–Trinajstić information content (AvgIpc) is 2.89. The second-order valence-electron chi connectivity index (χ2n) is 6.69. The van der Waals surface area contributed by atoms with E-state index in [0.717, 1.165) is 50.2 Å². The molecule has 1 aliphatic heterocycles. The van der Waals surface area contributed by atoms with Crippen LogP contribution in [0.1, 0.15) is 29.6 Å². The summed E-state index contributed by atoms with van der Waals surface area (Å²) in [6.07, 6.45) is 3.10. The molecule has 3 rings (SSSR count). The minimum absolute atomic E-state index is 0.163. The minimum atomic E-state index is -1.58. The number of nitrogens with zero attached hydrogens (tertiary/aromatic N) is 1. The quantitative estimate of drug-likeness (QED) is 0.569. The first kappa shape index (κ1) is 20.4. The molecule has 1 aliphatic rings. The van der Waals surface area contributed by atoms with Crippen molar-refractivity contribution in [2.45, 2.75) is 24.5 Å². The highest BCUT2D eigenvalue weighted by Crippen LogP contribution is 2.32. The first-order valence-corrected chi connectivity index (χ1v) is 9.47. The highest BCUT2D eigenvalue weighted by atomic mass is 32.1. The lowest BCUT2D eigenvalue weighted by atomic mass is 10.1. The molecule has 0 radical (unpaired) electrons. The lowest BCUT2D eigenvalue weighted by Crippen LogP contribution is -2.29. The molecule has 1 fully saturated rings. The van der Waals surface area contributed by atoms with Crippen LogP contribution in [0.5, 0.6) is 5.75 Å². The molecule has 1 atom stereocenters. The van der Waals surface area contributed by atoms with Crippen molar-refractivity contribution in [3.8, 4) is 5.75 Å². The zero-order valence-electron chi connectivity index (χ0n) is 15.3. The summed E-state index contributed by atoms with van der Waals surface area (Å²) in [6.45, 7) is 1.53. The molecule has 0 saturated carbocycles. The molecule has 150 valence electrons. The third kappa shape index (κ3) is 4.55. The van der Waals surface area contributed by atoms with Gasteiger partial charge in [0.25, 0.3) is 5.91 Å². The van der Waals surface area contributed by atoms with Crippen LogP contribution in [0.25, 0.3) is 0 Å². The standard InChI is InChI=1S/C20H21F3N2O2S/c1-27-18-6-5-12(8-17(18)25-7-3-2-4-14(28)11-25)20(26)24-13-9-15(21)19(23)16(22)10-13/h5-6,8-10,14,28H,2-4,7,11H2,1H3,(H,24,26). The van der Waals surface area contributed by atoms with Crippen molar-refractivity contribution >= 4 is 29.9 Å². The van der Waals surface area contributed by atoms with Gasteiger partial charge in [-0.2, -0.15) is 12.6 Å². The Kier molecular flexibility index (Phi) is 6.39. The number of halogens is 3. The Balaban J connectivity index is 1.87. The Morgan fingerprint density at radius 2 is 1.89 bits per heavy atom. The van der Waals surface area contributed by atoms with Crippen LogP contribution in [0, 0.1) is 17.5 Å². The Morgan fingerprint density at radius 3 is 2.57 bits per heavy atom. The molecule has 0 bridgehead atoms. The van der Waals surface area contributed by atoms with Crippen LogP contribution in [0.4, 0.5) is 24.5 Å². The SMILES string of the molecule is COc1ccc(C(=O)Nc2cc(F)c(F)c(F)c2)cc1N1CCCCC(S)C1. The highest BCUT2D eigenvalue weighted by molar-refractivity contribution is 7.81. The minimum Gasteiger partial charge on any atom is -0.495 e. The first-order chi connectivity index (χ1) is 13.4. The predicted octanol–water partition coefficient (Wildman–Crippen LogP) is 4.65. The van der Waals surface area contributed by atoms with Crippen molar-refractivity contribution in [2.24, 2.45) is 0 Å². The number of carbonyl (C=O) groups excluding carboxylic acids is 1. The van der Waals surface area contributed by atoms with Crippen molar-refractivity contribution in [1.82, 2.24) is 0 Å². The van der Waals surface area contributed by atoms with Crippen molar-refractivity contribution in [3.05, 3.63) is 53.3 Å². The summed E-state index contributed by atoms with van der Waals surface area (Å²) in [5.74, 6) is -4.25. The van der Waals surface area contributed by atoms with Gasteiger partial charge in [0.15, 0.2) is 17.5 Å². The number of nitrogens with one attached hydrogen (secondary N) is 1. The summed E-state index contributed by atoms with van der Waals surface area (Å²) in [4.78, 5) is 14.7. The van der Waals surface area contributed by atoms with Gasteiger partial charge in [0, 0.05) is 41.7 Å². The molecule has 4 nitrogen and oxygen atoms in total. The average molecular weight is 410 g/mol. The van der Waals surface area contributed by atoms with E-state index in [9.17, 15) is 18.0 Å². The smallest absolute Gasteiger partial charge is 0.255 e. The van der Waals surface area contributed by atoms with Gasteiger partial charge < -0.3 is 15.0 Å². The largest absolute Gasteiger partial charge is 0.495 e. The number of amides is 1. The second kappa shape index (κ2) is 8.77. The summed E-state index contributed by atoms with van der Waals surface area (Å²) in [6, 6.07) is 6.39. The summed E-state index contributed by atoms with van der Waals surface area (Å²) in [7, 11) is 1.55. The molecular formula is C20H21F3N2O2S. The monoisotopic (exact) mass is 410 g/mol. The van der Waals surface area contributed by atoms with E-state index in [1.165, 1.54) is 0 Å². The van der Waals surface area contributed by atoms with E-state index in [1.54, 1.807) is 25.3 Å². The third-order valence-corrected chi connectivity index (χ3v) is 5.09. The van der Waals surface area contributed by atoms with Crippen molar-refractivity contribution in [3.63, 3.8) is 0 Å². The fraction of sp³-hybridized carbons (Fsp3) is 0.350. The topological polar surface area (TPSA) is 41.6 Å². The van der Waals surface area contributed by atoms with Gasteiger partial charge >= 0.3 is 0 Å². The van der Waals surface area contributed by atoms with Gasteiger partial charge in [-0.25, -0.2) is 13.2 Å². The molecular weight excluding hydrogens is 389 g/mol. The fourth-order valence-electron chi connectivity index (χ4n) is 3.25. The molecule has 28 heavy (non-hydrogen) atoms. The number of carbonyl (C=O) groups is 1. The lowest BCUT2D eigenvalue weighted by Gasteiger charge is -2.27. The molecule has 8 heteroatoms. The number of hydrogen-bond acceptors (Lipinski definition) is 4. The van der Waals surface area contributed by atoms with E-state index in [1.807, 2.05) is 0 Å². The molecule has 0 aromatic heterocycles. The van der Waals surface area contributed by atoms with Crippen LogP contribution in [-0.4, -0.2) is 31.4 Å². The lowest BCUT2D eigenvalue weighted by molar-refractivity contribution is 0.102. The van der Waals surface area contributed by atoms with E-state index in [4.69, 9.17) is 4.74 Å². The fourth-order valence-corrected chi connectivity index (χ4v) is 3.63. The number of rotatable bonds is 4. The van der Waals surface area contributed by atoms with Gasteiger partial charge in [0.1, 0.15) is 5.75 Å². The van der Waals surface area contributed by atoms with E-state index in [2.05, 4.69) is 22.8 Å². The van der Waals surface area contributed by atoms with E-state index in [0.29, 0.717) is 11.3 Å². The molecule has 2 aromatic rings. The first-order valence-electron chi connectivity index (χ1n) is 8.96. The number of benzene rings is 2. The number of anilines is 2. The summed E-state index contributed by atoms with van der Waals surface area (Å²) in [5.41, 5.74) is 0.887. The molecule has 1 amide bonds. The number of methoxy groups -OCH3 is 1. The Labute approximate surface area is 167 Å². The van der Waals surface area contributed by atoms with E-state index < -0.39 is 23.4 Å². The molecule has 1 unspecified atom stereocenters. The maximum Gasteiger partial charge on any atom is 0.255 e. The van der Waals surface area contributed by atoms with Crippen molar-refractivity contribution in [1.29, 1.82) is 0 Å². The normalized spacial score (nSPS) is 17.2. The molecule has 0 spiro atoms. The Hall–Kier alpha value is -2.35.